The number of likely N-dealkylation sites (tertiary alicyclic amines) is 1. The number of carbonyl (C=O) groups excluding carboxylic acids is 1. The second-order valence-corrected chi connectivity index (χ2v) is 9.33. The fraction of sp³-hybridized carbons (Fsp3) is 0.179. The van der Waals surface area contributed by atoms with Crippen LogP contribution in [0.25, 0.3) is 22.5 Å². The second kappa shape index (κ2) is 11.0. The van der Waals surface area contributed by atoms with Crippen LogP contribution >= 0.6 is 23.2 Å². The van der Waals surface area contributed by atoms with Crippen LogP contribution in [0, 0.1) is 0 Å². The van der Waals surface area contributed by atoms with Crippen molar-refractivity contribution in [2.45, 2.75) is 12.8 Å². The monoisotopic (exact) mass is 518 g/mol. The largest absolute Gasteiger partial charge is 0.492 e. The van der Waals surface area contributed by atoms with Crippen molar-refractivity contribution in [3.63, 3.8) is 0 Å². The lowest BCUT2D eigenvalue weighted by Crippen LogP contribution is -2.29. The highest BCUT2D eigenvalue weighted by atomic mass is 35.5. The summed E-state index contributed by atoms with van der Waals surface area (Å²) in [5, 5.41) is 4.63. The molecule has 0 aliphatic carbocycles. The van der Waals surface area contributed by atoms with Gasteiger partial charge >= 0.3 is 0 Å². The van der Waals surface area contributed by atoms with Gasteiger partial charge < -0.3 is 15.0 Å². The summed E-state index contributed by atoms with van der Waals surface area (Å²) in [4.78, 5) is 23.1. The van der Waals surface area contributed by atoms with Gasteiger partial charge in [0.2, 0.25) is 11.9 Å². The maximum atomic E-state index is 11.8. The fourth-order valence-electron chi connectivity index (χ4n) is 4.05. The zero-order valence-corrected chi connectivity index (χ0v) is 21.0. The highest BCUT2D eigenvalue weighted by Crippen LogP contribution is 2.29. The van der Waals surface area contributed by atoms with Gasteiger partial charge in [-0.15, -0.1) is 0 Å². The summed E-state index contributed by atoms with van der Waals surface area (Å²) in [5.41, 5.74) is 4.16. The Morgan fingerprint density at radius 2 is 1.50 bits per heavy atom. The lowest BCUT2D eigenvalue weighted by atomic mass is 10.1. The summed E-state index contributed by atoms with van der Waals surface area (Å²) in [6.07, 6.45) is 1.55. The van der Waals surface area contributed by atoms with Crippen molar-refractivity contribution >= 4 is 40.7 Å². The third-order valence-corrected chi connectivity index (χ3v) is 6.40. The molecule has 8 heteroatoms. The molecule has 36 heavy (non-hydrogen) atoms. The van der Waals surface area contributed by atoms with Gasteiger partial charge in [-0.1, -0.05) is 53.5 Å². The SMILES string of the molecule is O=C1CCCN1CCOc1cccc(Nc2nc(-c3ccc(Cl)cc3)cc(-c3ccc(Cl)cc3)n2)c1. The molecule has 0 bridgehead atoms. The first-order valence-electron chi connectivity index (χ1n) is 11.7. The number of nitrogens with zero attached hydrogens (tertiary/aromatic N) is 3. The number of hydrogen-bond acceptors (Lipinski definition) is 5. The van der Waals surface area contributed by atoms with Gasteiger partial charge in [-0.2, -0.15) is 0 Å². The molecule has 0 atom stereocenters. The Morgan fingerprint density at radius 3 is 2.08 bits per heavy atom. The minimum Gasteiger partial charge on any atom is -0.492 e. The Morgan fingerprint density at radius 1 is 0.861 bits per heavy atom. The molecule has 1 aromatic heterocycles. The minimum atomic E-state index is 0.197. The van der Waals surface area contributed by atoms with Crippen molar-refractivity contribution in [1.29, 1.82) is 0 Å². The molecule has 4 aromatic rings. The number of carbonyl (C=O) groups is 1. The number of anilines is 2. The standard InChI is InChI=1S/C28H24Cl2N4O2/c29-21-10-6-19(7-11-21)25-18-26(20-8-12-22(30)13-9-20)33-28(32-25)31-23-3-1-4-24(17-23)36-16-15-34-14-2-5-27(34)35/h1,3-4,6-13,17-18H,2,5,14-16H2,(H,31,32,33). The fourth-order valence-corrected chi connectivity index (χ4v) is 4.30. The first-order chi connectivity index (χ1) is 17.5. The van der Waals surface area contributed by atoms with E-state index in [1.54, 1.807) is 0 Å². The summed E-state index contributed by atoms with van der Waals surface area (Å²) in [5.74, 6) is 1.36. The number of benzene rings is 3. The van der Waals surface area contributed by atoms with Gasteiger partial charge in [0, 0.05) is 45.9 Å². The third kappa shape index (κ3) is 5.96. The van der Waals surface area contributed by atoms with Crippen LogP contribution in [0.1, 0.15) is 12.8 Å². The van der Waals surface area contributed by atoms with Gasteiger partial charge in [0.15, 0.2) is 0 Å². The Labute approximate surface area is 219 Å². The van der Waals surface area contributed by atoms with Crippen LogP contribution in [0.5, 0.6) is 5.75 Å². The van der Waals surface area contributed by atoms with E-state index >= 15 is 0 Å². The summed E-state index contributed by atoms with van der Waals surface area (Å²) in [7, 11) is 0. The number of hydrogen-bond donors (Lipinski definition) is 1. The van der Waals surface area contributed by atoms with E-state index in [0.717, 1.165) is 41.2 Å². The van der Waals surface area contributed by atoms with Crippen LogP contribution in [0.4, 0.5) is 11.6 Å². The molecule has 1 aliphatic rings. The average Bonchev–Trinajstić information content (AvgIpc) is 3.29. The maximum Gasteiger partial charge on any atom is 0.228 e. The number of nitrogens with one attached hydrogen (secondary N) is 1. The first kappa shape index (κ1) is 24.1. The maximum absolute atomic E-state index is 11.8. The van der Waals surface area contributed by atoms with Crippen molar-refractivity contribution < 1.29 is 9.53 Å². The van der Waals surface area contributed by atoms with Gasteiger partial charge in [-0.05, 0) is 48.9 Å². The predicted molar refractivity (Wildman–Crippen MR) is 144 cm³/mol. The quantitative estimate of drug-likeness (QED) is 0.276. The molecular weight excluding hydrogens is 495 g/mol. The van der Waals surface area contributed by atoms with Gasteiger partial charge in [-0.3, -0.25) is 4.79 Å². The molecule has 5 rings (SSSR count). The van der Waals surface area contributed by atoms with Crippen molar-refractivity contribution in [2.24, 2.45) is 0 Å². The van der Waals surface area contributed by atoms with Crippen LogP contribution in [0.2, 0.25) is 10.0 Å². The van der Waals surface area contributed by atoms with Gasteiger partial charge in [0.1, 0.15) is 12.4 Å². The molecule has 182 valence electrons. The van der Waals surface area contributed by atoms with Crippen molar-refractivity contribution in [3.8, 4) is 28.3 Å². The summed E-state index contributed by atoms with van der Waals surface area (Å²) < 4.78 is 5.90. The van der Waals surface area contributed by atoms with E-state index in [9.17, 15) is 4.79 Å². The van der Waals surface area contributed by atoms with E-state index in [1.807, 2.05) is 83.8 Å². The Kier molecular flexibility index (Phi) is 7.35. The highest BCUT2D eigenvalue weighted by Gasteiger charge is 2.19. The molecule has 0 spiro atoms. The van der Waals surface area contributed by atoms with E-state index in [4.69, 9.17) is 37.9 Å². The van der Waals surface area contributed by atoms with E-state index in [1.165, 1.54) is 0 Å². The van der Waals surface area contributed by atoms with Crippen LogP contribution in [-0.4, -0.2) is 40.5 Å². The summed E-state index contributed by atoms with van der Waals surface area (Å²) >= 11 is 12.2. The number of halogens is 2. The van der Waals surface area contributed by atoms with E-state index in [2.05, 4.69) is 5.32 Å². The molecular formula is C28H24Cl2N4O2. The second-order valence-electron chi connectivity index (χ2n) is 8.46. The van der Waals surface area contributed by atoms with Gasteiger partial charge in [0.05, 0.1) is 17.9 Å². The molecule has 0 unspecified atom stereocenters. The average molecular weight is 519 g/mol. The molecule has 1 fully saturated rings. The lowest BCUT2D eigenvalue weighted by molar-refractivity contribution is -0.128. The van der Waals surface area contributed by atoms with Crippen LogP contribution < -0.4 is 10.1 Å². The molecule has 0 saturated carbocycles. The molecule has 3 aromatic carbocycles. The van der Waals surface area contributed by atoms with Gasteiger partial charge in [-0.25, -0.2) is 9.97 Å². The van der Waals surface area contributed by atoms with Crippen LogP contribution in [0.3, 0.4) is 0 Å². The zero-order chi connectivity index (χ0) is 24.9. The Bertz CT molecular complexity index is 1300. The Hall–Kier alpha value is -3.61. The molecule has 1 amide bonds. The van der Waals surface area contributed by atoms with E-state index < -0.39 is 0 Å². The molecule has 1 aliphatic heterocycles. The van der Waals surface area contributed by atoms with E-state index in [0.29, 0.717) is 41.3 Å². The van der Waals surface area contributed by atoms with Crippen LogP contribution in [0.15, 0.2) is 78.9 Å². The first-order valence-corrected chi connectivity index (χ1v) is 12.5. The molecule has 2 heterocycles. The number of aromatic nitrogens is 2. The molecule has 0 radical (unpaired) electrons. The van der Waals surface area contributed by atoms with Crippen LogP contribution in [-0.2, 0) is 4.79 Å². The number of amides is 1. The Balaban J connectivity index is 1.38. The van der Waals surface area contributed by atoms with Crippen molar-refractivity contribution in [2.75, 3.05) is 25.0 Å². The number of rotatable bonds is 8. The third-order valence-electron chi connectivity index (χ3n) is 5.90. The zero-order valence-electron chi connectivity index (χ0n) is 19.5. The smallest absolute Gasteiger partial charge is 0.228 e. The molecule has 1 N–H and O–H groups in total. The predicted octanol–water partition coefficient (Wildman–Crippen LogP) is 6.86. The number of ether oxygens (including phenoxy) is 1. The lowest BCUT2D eigenvalue weighted by Gasteiger charge is -2.16. The minimum absolute atomic E-state index is 0.197. The van der Waals surface area contributed by atoms with E-state index in [-0.39, 0.29) is 5.91 Å². The van der Waals surface area contributed by atoms with Gasteiger partial charge in [0.25, 0.3) is 0 Å². The van der Waals surface area contributed by atoms with Crippen molar-refractivity contribution in [1.82, 2.24) is 14.9 Å². The van der Waals surface area contributed by atoms with Crippen molar-refractivity contribution in [3.05, 3.63) is 88.9 Å². The normalized spacial score (nSPS) is 13.2. The highest BCUT2D eigenvalue weighted by molar-refractivity contribution is 6.30. The topological polar surface area (TPSA) is 67.3 Å². The summed E-state index contributed by atoms with van der Waals surface area (Å²) in [6.45, 7) is 1.84. The molecule has 1 saturated heterocycles. The molecule has 6 nitrogen and oxygen atoms in total. The summed E-state index contributed by atoms with van der Waals surface area (Å²) in [6, 6.07) is 24.6.